The molecule has 1 unspecified atom stereocenters. The fourth-order valence-corrected chi connectivity index (χ4v) is 1.48. The van der Waals surface area contributed by atoms with Crippen LogP contribution in [0.1, 0.15) is 18.7 Å². The molecule has 0 amide bonds. The van der Waals surface area contributed by atoms with Gasteiger partial charge in [-0.15, -0.1) is 0 Å². The van der Waals surface area contributed by atoms with E-state index in [1.807, 2.05) is 54.2 Å². The zero-order valence-corrected chi connectivity index (χ0v) is 9.30. The first kappa shape index (κ1) is 10.6. The summed E-state index contributed by atoms with van der Waals surface area (Å²) in [5.41, 5.74) is 8.74. The molecule has 0 aliphatic carbocycles. The smallest absolute Gasteiger partial charge is 0.0838 e. The second-order valence-electron chi connectivity index (χ2n) is 3.84. The van der Waals surface area contributed by atoms with E-state index in [0.717, 1.165) is 17.0 Å². The van der Waals surface area contributed by atoms with Gasteiger partial charge in [-0.3, -0.25) is 0 Å². The first-order valence-electron chi connectivity index (χ1n) is 5.20. The molecule has 16 heavy (non-hydrogen) atoms. The number of nitrogens with zero attached hydrogens (tertiary/aromatic N) is 2. The van der Waals surface area contributed by atoms with Crippen molar-refractivity contribution in [3.63, 3.8) is 0 Å². The summed E-state index contributed by atoms with van der Waals surface area (Å²) in [4.78, 5) is 0. The standard InChI is InChI=1S/C13H15N3/c1-10(2)13(14)12-8-9-16(15-12)11-6-4-3-5-7-11/h3-9,13H,1,14H2,2H3. The fraction of sp³-hybridized carbons (Fsp3) is 0.154. The van der Waals surface area contributed by atoms with E-state index in [9.17, 15) is 0 Å². The van der Waals surface area contributed by atoms with E-state index in [0.29, 0.717) is 0 Å². The van der Waals surface area contributed by atoms with Crippen LogP contribution in [-0.4, -0.2) is 9.78 Å². The minimum atomic E-state index is -0.190. The van der Waals surface area contributed by atoms with E-state index in [1.165, 1.54) is 0 Å². The predicted molar refractivity (Wildman–Crippen MR) is 65.3 cm³/mol. The summed E-state index contributed by atoms with van der Waals surface area (Å²) in [6, 6.07) is 11.7. The van der Waals surface area contributed by atoms with Gasteiger partial charge in [0.25, 0.3) is 0 Å². The van der Waals surface area contributed by atoms with Crippen molar-refractivity contribution in [3.8, 4) is 5.69 Å². The molecular weight excluding hydrogens is 198 g/mol. The third-order valence-electron chi connectivity index (χ3n) is 2.48. The lowest BCUT2D eigenvalue weighted by Crippen LogP contribution is -2.12. The Kier molecular flexibility index (Phi) is 2.88. The highest BCUT2D eigenvalue weighted by Crippen LogP contribution is 2.16. The van der Waals surface area contributed by atoms with Crippen LogP contribution in [0, 0.1) is 0 Å². The van der Waals surface area contributed by atoms with Gasteiger partial charge < -0.3 is 5.73 Å². The second kappa shape index (κ2) is 4.33. The van der Waals surface area contributed by atoms with Crippen molar-refractivity contribution in [2.75, 3.05) is 0 Å². The van der Waals surface area contributed by atoms with Crippen molar-refractivity contribution in [3.05, 3.63) is 60.4 Å². The van der Waals surface area contributed by atoms with Gasteiger partial charge >= 0.3 is 0 Å². The SMILES string of the molecule is C=C(C)C(N)c1ccn(-c2ccccc2)n1. The summed E-state index contributed by atoms with van der Waals surface area (Å²) in [5, 5.41) is 4.43. The van der Waals surface area contributed by atoms with Crippen molar-refractivity contribution in [1.82, 2.24) is 9.78 Å². The summed E-state index contributed by atoms with van der Waals surface area (Å²) >= 11 is 0. The Hall–Kier alpha value is -1.87. The zero-order chi connectivity index (χ0) is 11.5. The molecule has 1 aromatic carbocycles. The molecular formula is C13H15N3. The zero-order valence-electron chi connectivity index (χ0n) is 9.30. The van der Waals surface area contributed by atoms with Crippen molar-refractivity contribution >= 4 is 0 Å². The van der Waals surface area contributed by atoms with Crippen LogP contribution in [0.3, 0.4) is 0 Å². The van der Waals surface area contributed by atoms with Gasteiger partial charge in [-0.2, -0.15) is 5.10 Å². The number of nitrogens with two attached hydrogens (primary N) is 1. The van der Waals surface area contributed by atoms with Crippen LogP contribution in [-0.2, 0) is 0 Å². The quantitative estimate of drug-likeness (QED) is 0.796. The summed E-state index contributed by atoms with van der Waals surface area (Å²) in [5.74, 6) is 0. The first-order valence-corrected chi connectivity index (χ1v) is 5.20. The predicted octanol–water partition coefficient (Wildman–Crippen LogP) is 2.45. The third kappa shape index (κ3) is 2.04. The van der Waals surface area contributed by atoms with E-state index < -0.39 is 0 Å². The second-order valence-corrected chi connectivity index (χ2v) is 3.84. The Balaban J connectivity index is 2.30. The van der Waals surface area contributed by atoms with E-state index in [2.05, 4.69) is 11.7 Å². The lowest BCUT2D eigenvalue weighted by atomic mass is 10.1. The highest BCUT2D eigenvalue weighted by molar-refractivity contribution is 5.31. The van der Waals surface area contributed by atoms with Gasteiger partial charge in [-0.1, -0.05) is 30.4 Å². The molecule has 0 fully saturated rings. The lowest BCUT2D eigenvalue weighted by Gasteiger charge is -2.07. The van der Waals surface area contributed by atoms with Crippen molar-refractivity contribution in [2.45, 2.75) is 13.0 Å². The van der Waals surface area contributed by atoms with Gasteiger partial charge in [-0.25, -0.2) is 4.68 Å². The minimum Gasteiger partial charge on any atom is -0.319 e. The normalized spacial score (nSPS) is 12.4. The van der Waals surface area contributed by atoms with E-state index in [-0.39, 0.29) is 6.04 Å². The van der Waals surface area contributed by atoms with Gasteiger partial charge in [0.05, 0.1) is 17.4 Å². The third-order valence-corrected chi connectivity index (χ3v) is 2.48. The Morgan fingerprint density at radius 2 is 2.00 bits per heavy atom. The average Bonchev–Trinajstić information content (AvgIpc) is 2.78. The fourth-order valence-electron chi connectivity index (χ4n) is 1.48. The summed E-state index contributed by atoms with van der Waals surface area (Å²) in [6.45, 7) is 5.75. The first-order chi connectivity index (χ1) is 7.68. The lowest BCUT2D eigenvalue weighted by molar-refractivity contribution is 0.763. The highest BCUT2D eigenvalue weighted by atomic mass is 15.3. The highest BCUT2D eigenvalue weighted by Gasteiger charge is 2.10. The van der Waals surface area contributed by atoms with Crippen LogP contribution < -0.4 is 5.73 Å². The molecule has 0 aliphatic rings. The number of rotatable bonds is 3. The molecule has 2 N–H and O–H groups in total. The summed E-state index contributed by atoms with van der Waals surface area (Å²) < 4.78 is 1.82. The molecule has 2 rings (SSSR count). The Labute approximate surface area is 95.2 Å². The maximum Gasteiger partial charge on any atom is 0.0838 e. The molecule has 1 atom stereocenters. The van der Waals surface area contributed by atoms with Gasteiger partial charge in [0, 0.05) is 6.20 Å². The summed E-state index contributed by atoms with van der Waals surface area (Å²) in [7, 11) is 0. The maximum absolute atomic E-state index is 5.95. The topological polar surface area (TPSA) is 43.8 Å². The molecule has 0 aliphatic heterocycles. The number of hydrogen-bond donors (Lipinski definition) is 1. The van der Waals surface area contributed by atoms with Crippen LogP contribution in [0.25, 0.3) is 5.69 Å². The molecule has 0 radical (unpaired) electrons. The van der Waals surface area contributed by atoms with Crippen LogP contribution in [0.4, 0.5) is 0 Å². The Morgan fingerprint density at radius 1 is 1.31 bits per heavy atom. The van der Waals surface area contributed by atoms with Crippen molar-refractivity contribution < 1.29 is 0 Å². The molecule has 82 valence electrons. The minimum absolute atomic E-state index is 0.190. The molecule has 0 saturated heterocycles. The van der Waals surface area contributed by atoms with Crippen molar-refractivity contribution in [2.24, 2.45) is 5.73 Å². The van der Waals surface area contributed by atoms with Crippen LogP contribution in [0.2, 0.25) is 0 Å². The van der Waals surface area contributed by atoms with E-state index in [1.54, 1.807) is 0 Å². The molecule has 0 bridgehead atoms. The number of aromatic nitrogens is 2. The molecule has 2 aromatic rings. The molecule has 3 nitrogen and oxygen atoms in total. The Bertz CT molecular complexity index is 485. The van der Waals surface area contributed by atoms with Crippen LogP contribution in [0.5, 0.6) is 0 Å². The number of para-hydroxylation sites is 1. The molecule has 3 heteroatoms. The van der Waals surface area contributed by atoms with Gasteiger partial charge in [0.15, 0.2) is 0 Å². The summed E-state index contributed by atoms with van der Waals surface area (Å²) in [6.07, 6.45) is 1.91. The van der Waals surface area contributed by atoms with E-state index in [4.69, 9.17) is 5.73 Å². The van der Waals surface area contributed by atoms with Gasteiger partial charge in [-0.05, 0) is 25.1 Å². The number of benzene rings is 1. The average molecular weight is 213 g/mol. The largest absolute Gasteiger partial charge is 0.319 e. The van der Waals surface area contributed by atoms with Gasteiger partial charge in [0.1, 0.15) is 0 Å². The van der Waals surface area contributed by atoms with E-state index >= 15 is 0 Å². The van der Waals surface area contributed by atoms with Crippen molar-refractivity contribution in [1.29, 1.82) is 0 Å². The molecule has 1 heterocycles. The monoisotopic (exact) mass is 213 g/mol. The van der Waals surface area contributed by atoms with Crippen LogP contribution >= 0.6 is 0 Å². The van der Waals surface area contributed by atoms with Gasteiger partial charge in [0.2, 0.25) is 0 Å². The number of hydrogen-bond acceptors (Lipinski definition) is 2. The Morgan fingerprint density at radius 3 is 2.62 bits per heavy atom. The molecule has 0 saturated carbocycles. The molecule has 0 spiro atoms. The molecule has 1 aromatic heterocycles. The van der Waals surface area contributed by atoms with Crippen LogP contribution in [0.15, 0.2) is 54.7 Å². The maximum atomic E-state index is 5.95.